The van der Waals surface area contributed by atoms with Gasteiger partial charge in [0.05, 0.1) is 18.9 Å². The molecule has 21 heavy (non-hydrogen) atoms. The van der Waals surface area contributed by atoms with E-state index in [9.17, 15) is 0 Å². The number of aromatic nitrogens is 2. The van der Waals surface area contributed by atoms with Crippen molar-refractivity contribution in [3.8, 4) is 11.8 Å². The molecular formula is C16H20N4O. The normalized spacial score (nSPS) is 10.3. The van der Waals surface area contributed by atoms with Crippen LogP contribution < -0.4 is 10.1 Å². The first-order valence-electron chi connectivity index (χ1n) is 7.01. The molecule has 0 saturated carbocycles. The number of H-pyrrole nitrogens is 1. The molecule has 0 amide bonds. The van der Waals surface area contributed by atoms with Crippen molar-refractivity contribution in [3.63, 3.8) is 0 Å². The molecular weight excluding hydrogens is 264 g/mol. The first-order valence-corrected chi connectivity index (χ1v) is 7.01. The molecule has 2 N–H and O–H groups in total. The third-order valence-corrected chi connectivity index (χ3v) is 3.45. The van der Waals surface area contributed by atoms with E-state index < -0.39 is 0 Å². The predicted octanol–water partition coefficient (Wildman–Crippen LogP) is 2.32. The Morgan fingerprint density at radius 2 is 2.29 bits per heavy atom. The van der Waals surface area contributed by atoms with Crippen molar-refractivity contribution in [2.45, 2.75) is 26.3 Å². The fraction of sp³-hybridized carbons (Fsp3) is 0.375. The quantitative estimate of drug-likeness (QED) is 0.765. The molecule has 2 aromatic rings. The Morgan fingerprint density at radius 1 is 1.43 bits per heavy atom. The highest BCUT2D eigenvalue weighted by Crippen LogP contribution is 2.18. The smallest absolute Gasteiger partial charge is 0.136 e. The summed E-state index contributed by atoms with van der Waals surface area (Å²) in [6, 6.07) is 7.83. The highest BCUT2D eigenvalue weighted by Gasteiger charge is 2.03. The van der Waals surface area contributed by atoms with Crippen LogP contribution in [0.2, 0.25) is 0 Å². The molecule has 0 aliphatic carbocycles. The van der Waals surface area contributed by atoms with E-state index in [0.717, 1.165) is 37.2 Å². The van der Waals surface area contributed by atoms with Crippen LogP contribution >= 0.6 is 0 Å². The maximum atomic E-state index is 9.06. The molecule has 1 aromatic carbocycles. The van der Waals surface area contributed by atoms with Crippen LogP contribution in [0.5, 0.6) is 5.75 Å². The van der Waals surface area contributed by atoms with Gasteiger partial charge < -0.3 is 10.1 Å². The predicted molar refractivity (Wildman–Crippen MR) is 81.1 cm³/mol. The molecule has 0 saturated heterocycles. The van der Waals surface area contributed by atoms with E-state index in [0.29, 0.717) is 11.3 Å². The second-order valence-electron chi connectivity index (χ2n) is 4.95. The lowest BCUT2D eigenvalue weighted by Crippen LogP contribution is -2.15. The van der Waals surface area contributed by atoms with Gasteiger partial charge in [0.15, 0.2) is 0 Å². The highest BCUT2D eigenvalue weighted by molar-refractivity contribution is 5.45. The molecule has 0 unspecified atom stereocenters. The number of aryl methyl sites for hydroxylation is 2. The van der Waals surface area contributed by atoms with Crippen molar-refractivity contribution in [2.75, 3.05) is 13.7 Å². The molecule has 2 rings (SSSR count). The minimum absolute atomic E-state index is 0.575. The SMILES string of the molecule is COc1ccc(CNCCCc2cn[nH]c2C)cc1C#N. The lowest BCUT2D eigenvalue weighted by Gasteiger charge is -2.07. The van der Waals surface area contributed by atoms with Crippen LogP contribution in [0.15, 0.2) is 24.4 Å². The van der Waals surface area contributed by atoms with Gasteiger partial charge in [-0.1, -0.05) is 6.07 Å². The number of nitrogens with zero attached hydrogens (tertiary/aromatic N) is 2. The second-order valence-corrected chi connectivity index (χ2v) is 4.95. The Labute approximate surface area is 124 Å². The molecule has 5 heteroatoms. The van der Waals surface area contributed by atoms with E-state index in [1.807, 2.05) is 31.3 Å². The number of benzene rings is 1. The third-order valence-electron chi connectivity index (χ3n) is 3.45. The Hall–Kier alpha value is -2.32. The van der Waals surface area contributed by atoms with E-state index in [-0.39, 0.29) is 0 Å². The van der Waals surface area contributed by atoms with Crippen molar-refractivity contribution >= 4 is 0 Å². The zero-order valence-corrected chi connectivity index (χ0v) is 12.4. The number of nitrogens with one attached hydrogen (secondary N) is 2. The summed E-state index contributed by atoms with van der Waals surface area (Å²) in [5.74, 6) is 0.622. The summed E-state index contributed by atoms with van der Waals surface area (Å²) < 4.78 is 5.13. The van der Waals surface area contributed by atoms with Crippen molar-refractivity contribution in [2.24, 2.45) is 0 Å². The second kappa shape index (κ2) is 7.46. The molecule has 0 bridgehead atoms. The average molecular weight is 284 g/mol. The summed E-state index contributed by atoms with van der Waals surface area (Å²) in [5, 5.41) is 19.4. The summed E-state index contributed by atoms with van der Waals surface area (Å²) in [5.41, 5.74) is 4.08. The fourth-order valence-electron chi connectivity index (χ4n) is 2.22. The Morgan fingerprint density at radius 3 is 2.95 bits per heavy atom. The van der Waals surface area contributed by atoms with Gasteiger partial charge in [-0.2, -0.15) is 10.4 Å². The molecule has 1 aromatic heterocycles. The number of rotatable bonds is 7. The van der Waals surface area contributed by atoms with Crippen LogP contribution in [-0.4, -0.2) is 23.9 Å². The molecule has 0 aliphatic rings. The molecule has 0 atom stereocenters. The molecule has 0 radical (unpaired) electrons. The molecule has 0 spiro atoms. The maximum absolute atomic E-state index is 9.06. The van der Waals surface area contributed by atoms with Gasteiger partial charge in [0.2, 0.25) is 0 Å². The lowest BCUT2D eigenvalue weighted by molar-refractivity contribution is 0.413. The molecule has 110 valence electrons. The summed E-state index contributed by atoms with van der Waals surface area (Å²) in [7, 11) is 1.58. The largest absolute Gasteiger partial charge is 0.495 e. The van der Waals surface area contributed by atoms with Gasteiger partial charge in [0.1, 0.15) is 11.8 Å². The summed E-state index contributed by atoms with van der Waals surface area (Å²) in [4.78, 5) is 0. The van der Waals surface area contributed by atoms with Crippen LogP contribution in [0.3, 0.4) is 0 Å². The summed E-state index contributed by atoms with van der Waals surface area (Å²) in [6.45, 7) is 3.72. The first-order chi connectivity index (χ1) is 10.2. The minimum Gasteiger partial charge on any atom is -0.495 e. The van der Waals surface area contributed by atoms with Crippen LogP contribution in [0.25, 0.3) is 0 Å². The number of ether oxygens (including phenoxy) is 1. The molecule has 0 aliphatic heterocycles. The number of nitriles is 1. The topological polar surface area (TPSA) is 73.7 Å². The van der Waals surface area contributed by atoms with Gasteiger partial charge in [0, 0.05) is 12.2 Å². The monoisotopic (exact) mass is 284 g/mol. The Bertz CT molecular complexity index is 627. The van der Waals surface area contributed by atoms with E-state index in [1.54, 1.807) is 7.11 Å². The van der Waals surface area contributed by atoms with E-state index in [4.69, 9.17) is 10.00 Å². The van der Waals surface area contributed by atoms with Gasteiger partial charge in [0.25, 0.3) is 0 Å². The zero-order chi connectivity index (χ0) is 15.1. The minimum atomic E-state index is 0.575. The van der Waals surface area contributed by atoms with Crippen molar-refractivity contribution in [1.29, 1.82) is 5.26 Å². The molecule has 1 heterocycles. The summed E-state index contributed by atoms with van der Waals surface area (Å²) in [6.07, 6.45) is 3.96. The van der Waals surface area contributed by atoms with Crippen LogP contribution in [0.4, 0.5) is 0 Å². The van der Waals surface area contributed by atoms with Crippen molar-refractivity contribution in [1.82, 2.24) is 15.5 Å². The van der Waals surface area contributed by atoms with E-state index in [1.165, 1.54) is 5.56 Å². The van der Waals surface area contributed by atoms with Gasteiger partial charge in [-0.15, -0.1) is 0 Å². The van der Waals surface area contributed by atoms with Gasteiger partial charge in [-0.3, -0.25) is 5.10 Å². The Balaban J connectivity index is 1.76. The van der Waals surface area contributed by atoms with Crippen LogP contribution in [0, 0.1) is 18.3 Å². The van der Waals surface area contributed by atoms with Gasteiger partial charge in [-0.25, -0.2) is 0 Å². The Kier molecular flexibility index (Phi) is 5.35. The zero-order valence-electron chi connectivity index (χ0n) is 12.4. The lowest BCUT2D eigenvalue weighted by atomic mass is 10.1. The van der Waals surface area contributed by atoms with E-state index in [2.05, 4.69) is 21.6 Å². The summed E-state index contributed by atoms with van der Waals surface area (Å²) >= 11 is 0. The fourth-order valence-corrected chi connectivity index (χ4v) is 2.22. The number of hydrogen-bond acceptors (Lipinski definition) is 4. The van der Waals surface area contributed by atoms with Crippen molar-refractivity contribution < 1.29 is 4.74 Å². The standard InChI is InChI=1S/C16H20N4O/c1-12-14(11-19-20-12)4-3-7-18-10-13-5-6-16(21-2)15(8-13)9-17/h5-6,8,11,18H,3-4,7,10H2,1-2H3,(H,19,20). The number of hydrogen-bond donors (Lipinski definition) is 2. The maximum Gasteiger partial charge on any atom is 0.136 e. The molecule has 0 fully saturated rings. The number of methoxy groups -OCH3 is 1. The number of aromatic amines is 1. The van der Waals surface area contributed by atoms with Gasteiger partial charge >= 0.3 is 0 Å². The van der Waals surface area contributed by atoms with Crippen LogP contribution in [0.1, 0.15) is 28.8 Å². The molecule has 5 nitrogen and oxygen atoms in total. The average Bonchev–Trinajstić information content (AvgIpc) is 2.92. The highest BCUT2D eigenvalue weighted by atomic mass is 16.5. The van der Waals surface area contributed by atoms with Crippen molar-refractivity contribution in [3.05, 3.63) is 46.8 Å². The first kappa shape index (κ1) is 15.1. The van der Waals surface area contributed by atoms with Crippen LogP contribution in [-0.2, 0) is 13.0 Å². The van der Waals surface area contributed by atoms with Gasteiger partial charge in [-0.05, 0) is 49.6 Å². The third kappa shape index (κ3) is 4.07. The van der Waals surface area contributed by atoms with E-state index >= 15 is 0 Å².